The molecule has 0 heterocycles. The van der Waals surface area contributed by atoms with E-state index in [2.05, 4.69) is 159 Å². The monoisotopic (exact) mass is 580 g/mol. The number of hydrogen-bond acceptors (Lipinski definition) is 0. The van der Waals surface area contributed by atoms with Crippen LogP contribution in [0.3, 0.4) is 0 Å². The van der Waals surface area contributed by atoms with Crippen molar-refractivity contribution in [3.05, 3.63) is 129 Å². The summed E-state index contributed by atoms with van der Waals surface area (Å²) in [6.45, 7) is 24.0. The van der Waals surface area contributed by atoms with Crippen LogP contribution >= 0.6 is 0 Å². The Morgan fingerprint density at radius 3 is 1.86 bits per heavy atom. The maximum Gasteiger partial charge on any atom is 0.0722 e. The third kappa shape index (κ3) is 4.91. The van der Waals surface area contributed by atoms with Crippen LogP contribution in [0.15, 0.2) is 90.0 Å². The predicted molar refractivity (Wildman–Crippen MR) is 192 cm³/mol. The Kier molecular flexibility index (Phi) is 7.33. The summed E-state index contributed by atoms with van der Waals surface area (Å²) in [7, 11) is -1.96. The van der Waals surface area contributed by atoms with Gasteiger partial charge in [-0.25, -0.2) is 0 Å². The minimum absolute atomic E-state index is 0.158. The van der Waals surface area contributed by atoms with Gasteiger partial charge in [-0.3, -0.25) is 0 Å². The average Bonchev–Trinajstić information content (AvgIpc) is 3.48. The Hall–Kier alpha value is -3.42. The van der Waals surface area contributed by atoms with Crippen LogP contribution in [-0.4, -0.2) is 8.07 Å². The summed E-state index contributed by atoms with van der Waals surface area (Å²) in [5.74, 6) is 0.486. The highest BCUT2D eigenvalue weighted by molar-refractivity contribution is 6.81. The molecule has 2 aliphatic carbocycles. The summed E-state index contributed by atoms with van der Waals surface area (Å²) in [5, 5.41) is 0. The van der Waals surface area contributed by atoms with E-state index in [-0.39, 0.29) is 5.41 Å². The smallest absolute Gasteiger partial charge is 0.0679 e. The van der Waals surface area contributed by atoms with Crippen molar-refractivity contribution in [2.24, 2.45) is 0 Å². The Labute approximate surface area is 261 Å². The number of benzene rings is 4. The maximum atomic E-state index is 2.66. The van der Waals surface area contributed by atoms with E-state index in [9.17, 15) is 0 Å². The molecule has 0 fully saturated rings. The van der Waals surface area contributed by atoms with Crippen LogP contribution in [-0.2, 0) is 5.41 Å². The maximum absolute atomic E-state index is 2.66. The van der Waals surface area contributed by atoms with Crippen molar-refractivity contribution in [3.63, 3.8) is 0 Å². The van der Waals surface area contributed by atoms with Crippen molar-refractivity contribution < 1.29 is 0 Å². The van der Waals surface area contributed by atoms with Crippen LogP contribution in [0.25, 0.3) is 34.4 Å². The van der Waals surface area contributed by atoms with Gasteiger partial charge in [0.15, 0.2) is 0 Å². The number of allylic oxidation sites excluding steroid dienone is 2. The van der Waals surface area contributed by atoms with Gasteiger partial charge in [0.25, 0.3) is 0 Å². The first-order valence-electron chi connectivity index (χ1n) is 16.1. The standard InChI is InChI=1S/C42H48Si/c1-26(2)35-25-38-37(39(29(35)5)31-15-12-11-13-16-31)24-28(4)41(38)43(9,10)40-27(3)23-36-33(17-14-18-34(36)40)30-19-21-32(22-20-30)42(6,7)8/h11-26,40-41H,1-10H3. The molecule has 6 rings (SSSR count). The zero-order valence-corrected chi connectivity index (χ0v) is 28.9. The molecule has 0 saturated carbocycles. The fraction of sp³-hybridized carbons (Fsp3) is 0.333. The van der Waals surface area contributed by atoms with Crippen LogP contribution in [0.1, 0.15) is 104 Å². The molecule has 2 atom stereocenters. The van der Waals surface area contributed by atoms with Crippen LogP contribution in [0.5, 0.6) is 0 Å². The zero-order valence-electron chi connectivity index (χ0n) is 27.9. The summed E-state index contributed by atoms with van der Waals surface area (Å²) in [5.41, 5.74) is 20.0. The second kappa shape index (κ2) is 10.6. The molecule has 0 amide bonds. The van der Waals surface area contributed by atoms with Crippen molar-refractivity contribution >= 4 is 20.2 Å². The van der Waals surface area contributed by atoms with Crippen molar-refractivity contribution in [1.82, 2.24) is 0 Å². The summed E-state index contributed by atoms with van der Waals surface area (Å²) < 4.78 is 0. The van der Waals surface area contributed by atoms with Gasteiger partial charge in [-0.2, -0.15) is 0 Å². The molecule has 43 heavy (non-hydrogen) atoms. The molecule has 2 unspecified atom stereocenters. The van der Waals surface area contributed by atoms with Gasteiger partial charge in [0, 0.05) is 11.1 Å². The summed E-state index contributed by atoms with van der Waals surface area (Å²) in [4.78, 5) is 0. The second-order valence-corrected chi connectivity index (χ2v) is 19.9. The normalized spacial score (nSPS) is 18.0. The molecular weight excluding hydrogens is 533 g/mol. The molecular formula is C42H48Si. The summed E-state index contributed by atoms with van der Waals surface area (Å²) in [6.07, 6.45) is 5.05. The van der Waals surface area contributed by atoms with Crippen molar-refractivity contribution in [2.75, 3.05) is 0 Å². The Morgan fingerprint density at radius 1 is 0.651 bits per heavy atom. The molecule has 2 aliphatic rings. The van der Waals surface area contributed by atoms with E-state index in [1.54, 1.807) is 11.1 Å². The van der Waals surface area contributed by atoms with Gasteiger partial charge in [-0.05, 0) is 93.3 Å². The fourth-order valence-electron chi connectivity index (χ4n) is 8.47. The van der Waals surface area contributed by atoms with Gasteiger partial charge >= 0.3 is 0 Å². The molecule has 4 aromatic carbocycles. The minimum Gasteiger partial charge on any atom is -0.0679 e. The first kappa shape index (κ1) is 29.6. The SMILES string of the molecule is CC1=Cc2c(-c3ccc(C(C)(C)C)cc3)cccc2C1[Si](C)(C)C1C(C)=Cc2c1cc(C(C)C)c(C)c2-c1ccccc1. The Balaban J connectivity index is 1.47. The second-order valence-electron chi connectivity index (χ2n) is 15.1. The van der Waals surface area contributed by atoms with E-state index in [1.165, 1.54) is 61.2 Å². The Morgan fingerprint density at radius 2 is 1.26 bits per heavy atom. The van der Waals surface area contributed by atoms with Gasteiger partial charge in [0.1, 0.15) is 0 Å². The topological polar surface area (TPSA) is 0 Å². The molecule has 0 aliphatic heterocycles. The van der Waals surface area contributed by atoms with E-state index in [0.717, 1.165) is 0 Å². The van der Waals surface area contributed by atoms with Crippen LogP contribution in [0, 0.1) is 6.92 Å². The van der Waals surface area contributed by atoms with Crippen molar-refractivity contribution in [1.29, 1.82) is 0 Å². The van der Waals surface area contributed by atoms with Gasteiger partial charge in [-0.1, -0.05) is 150 Å². The lowest BCUT2D eigenvalue weighted by molar-refractivity contribution is 0.590. The first-order valence-corrected chi connectivity index (χ1v) is 19.3. The van der Waals surface area contributed by atoms with Gasteiger partial charge in [-0.15, -0.1) is 0 Å². The van der Waals surface area contributed by atoms with Crippen LogP contribution in [0.2, 0.25) is 13.1 Å². The largest absolute Gasteiger partial charge is 0.0722 e. The van der Waals surface area contributed by atoms with E-state index in [4.69, 9.17) is 0 Å². The van der Waals surface area contributed by atoms with Gasteiger partial charge in [0.05, 0.1) is 8.07 Å². The summed E-state index contributed by atoms with van der Waals surface area (Å²) in [6, 6.07) is 30.0. The lowest BCUT2D eigenvalue weighted by atomic mass is 9.85. The quantitative estimate of drug-likeness (QED) is 0.206. The number of fused-ring (bicyclic) bond motifs is 2. The minimum atomic E-state index is -1.96. The third-order valence-electron chi connectivity index (χ3n) is 10.4. The highest BCUT2D eigenvalue weighted by Gasteiger charge is 2.47. The van der Waals surface area contributed by atoms with Crippen molar-refractivity contribution in [2.45, 2.75) is 90.9 Å². The van der Waals surface area contributed by atoms with Gasteiger partial charge < -0.3 is 0 Å². The van der Waals surface area contributed by atoms with Gasteiger partial charge in [0.2, 0.25) is 0 Å². The average molecular weight is 581 g/mol. The fourth-order valence-corrected chi connectivity index (χ4v) is 13.4. The van der Waals surface area contributed by atoms with Crippen LogP contribution < -0.4 is 0 Å². The molecule has 0 nitrogen and oxygen atoms in total. The van der Waals surface area contributed by atoms with Crippen molar-refractivity contribution in [3.8, 4) is 22.3 Å². The number of rotatable bonds is 5. The highest BCUT2D eigenvalue weighted by Crippen LogP contribution is 2.55. The molecule has 220 valence electrons. The molecule has 0 saturated heterocycles. The molecule has 0 spiro atoms. The lowest BCUT2D eigenvalue weighted by Gasteiger charge is -2.39. The predicted octanol–water partition coefficient (Wildman–Crippen LogP) is 12.2. The summed E-state index contributed by atoms with van der Waals surface area (Å²) >= 11 is 0. The molecule has 1 heteroatoms. The lowest BCUT2D eigenvalue weighted by Crippen LogP contribution is -2.42. The number of hydrogen-bond donors (Lipinski definition) is 0. The van der Waals surface area contributed by atoms with E-state index < -0.39 is 8.07 Å². The van der Waals surface area contributed by atoms with E-state index in [1.807, 2.05) is 0 Å². The highest BCUT2D eigenvalue weighted by atomic mass is 28.3. The molecule has 4 aromatic rings. The molecule has 0 bridgehead atoms. The van der Waals surface area contributed by atoms with Crippen LogP contribution in [0.4, 0.5) is 0 Å². The first-order chi connectivity index (χ1) is 20.3. The third-order valence-corrected chi connectivity index (χ3v) is 14.9. The molecule has 0 N–H and O–H groups in total. The van der Waals surface area contributed by atoms with E-state index in [0.29, 0.717) is 17.0 Å². The zero-order chi connectivity index (χ0) is 30.8. The Bertz CT molecular complexity index is 1750. The van der Waals surface area contributed by atoms with E-state index >= 15 is 0 Å². The molecule has 0 radical (unpaired) electrons. The molecule has 0 aromatic heterocycles.